The molecule has 1 saturated heterocycles. The van der Waals surface area contributed by atoms with Gasteiger partial charge in [0, 0.05) is 25.5 Å². The van der Waals surface area contributed by atoms with E-state index in [4.69, 9.17) is 4.42 Å². The number of hydrogen-bond donors (Lipinski definition) is 0. The van der Waals surface area contributed by atoms with Gasteiger partial charge in [0.25, 0.3) is 11.8 Å². The second-order valence-corrected chi connectivity index (χ2v) is 7.73. The zero-order chi connectivity index (χ0) is 20.1. The van der Waals surface area contributed by atoms with Crippen molar-refractivity contribution in [3.8, 4) is 0 Å². The second kappa shape index (κ2) is 6.62. The van der Waals surface area contributed by atoms with Gasteiger partial charge in [0.2, 0.25) is 0 Å². The van der Waals surface area contributed by atoms with Crippen LogP contribution in [0.3, 0.4) is 0 Å². The van der Waals surface area contributed by atoms with Gasteiger partial charge in [-0.3, -0.25) is 14.6 Å². The minimum Gasteiger partial charge on any atom is -0.466 e. The van der Waals surface area contributed by atoms with Gasteiger partial charge < -0.3 is 18.8 Å². The fraction of sp³-hybridized carbons (Fsp3) is 0.318. The lowest BCUT2D eigenvalue weighted by molar-refractivity contribution is 0.0547. The van der Waals surface area contributed by atoms with Crippen molar-refractivity contribution < 1.29 is 14.0 Å². The number of aromatic nitrogens is 2. The molecule has 0 N–H and O–H groups in total. The first-order valence-corrected chi connectivity index (χ1v) is 9.77. The number of amides is 2. The first-order chi connectivity index (χ1) is 14.0. The number of aryl methyl sites for hydroxylation is 2. The van der Waals surface area contributed by atoms with Crippen LogP contribution < -0.4 is 0 Å². The molecule has 0 bridgehead atoms. The molecule has 7 nitrogen and oxygen atoms in total. The van der Waals surface area contributed by atoms with E-state index in [0.29, 0.717) is 36.7 Å². The Bertz CT molecular complexity index is 1080. The number of nitrogens with zero attached hydrogens (tertiary/aromatic N) is 4. The third-order valence-corrected chi connectivity index (χ3v) is 5.89. The lowest BCUT2D eigenvalue weighted by Crippen LogP contribution is -2.50. The van der Waals surface area contributed by atoms with Crippen molar-refractivity contribution in [3.63, 3.8) is 0 Å². The number of pyridine rings is 1. The van der Waals surface area contributed by atoms with Crippen molar-refractivity contribution in [2.24, 2.45) is 0 Å². The summed E-state index contributed by atoms with van der Waals surface area (Å²) in [5, 5.41) is 0. The van der Waals surface area contributed by atoms with Crippen LogP contribution >= 0.6 is 0 Å². The molecule has 3 aromatic rings. The van der Waals surface area contributed by atoms with Crippen molar-refractivity contribution in [1.29, 1.82) is 0 Å². The summed E-state index contributed by atoms with van der Waals surface area (Å²) in [6.45, 7) is 5.12. The molecule has 0 aromatic carbocycles. The Morgan fingerprint density at radius 1 is 1.17 bits per heavy atom. The molecule has 0 radical (unpaired) electrons. The molecule has 5 heterocycles. The molecule has 0 spiro atoms. The van der Waals surface area contributed by atoms with E-state index in [1.54, 1.807) is 12.3 Å². The molecule has 1 fully saturated rings. The van der Waals surface area contributed by atoms with Crippen LogP contribution in [0.15, 0.2) is 53.2 Å². The monoisotopic (exact) mass is 390 g/mol. The summed E-state index contributed by atoms with van der Waals surface area (Å²) in [7, 11) is 0. The number of furan rings is 1. The Labute approximate surface area is 168 Å². The van der Waals surface area contributed by atoms with Crippen LogP contribution in [-0.4, -0.2) is 50.3 Å². The molecule has 2 atom stereocenters. The van der Waals surface area contributed by atoms with Crippen molar-refractivity contribution in [2.75, 3.05) is 13.1 Å². The van der Waals surface area contributed by atoms with Crippen LogP contribution in [0.4, 0.5) is 0 Å². The third kappa shape index (κ3) is 2.85. The maximum Gasteiger partial charge on any atom is 0.271 e. The summed E-state index contributed by atoms with van der Waals surface area (Å²) in [6.07, 6.45) is 3.67. The van der Waals surface area contributed by atoms with Crippen molar-refractivity contribution in [3.05, 3.63) is 77.3 Å². The van der Waals surface area contributed by atoms with Gasteiger partial charge in [-0.15, -0.1) is 0 Å². The van der Waals surface area contributed by atoms with E-state index in [9.17, 15) is 9.59 Å². The first-order valence-electron chi connectivity index (χ1n) is 9.77. The smallest absolute Gasteiger partial charge is 0.271 e. The number of carbonyl (C=O) groups is 2. The largest absolute Gasteiger partial charge is 0.466 e. The number of hydrogen-bond acceptors (Lipinski definition) is 4. The highest BCUT2D eigenvalue weighted by atomic mass is 16.3. The van der Waals surface area contributed by atoms with Crippen molar-refractivity contribution in [1.82, 2.24) is 19.4 Å². The maximum absolute atomic E-state index is 13.2. The molecule has 5 rings (SSSR count). The molecule has 148 valence electrons. The number of fused-ring (bicyclic) bond motifs is 3. The van der Waals surface area contributed by atoms with Gasteiger partial charge >= 0.3 is 0 Å². The van der Waals surface area contributed by atoms with Gasteiger partial charge in [-0.25, -0.2) is 0 Å². The molecular formula is C22H22N4O3. The highest BCUT2D eigenvalue weighted by Gasteiger charge is 2.46. The standard InChI is InChI=1S/C22H22N4O3/c1-14-10-17(15(2)29-14)21(27)24-12-19-20(13-24)26(11-16-6-3-4-8-23-16)22(28)18-7-5-9-25(18)19/h3-10,19-20H,11-13H2,1-2H3/t19-,20+/m1/s1. The molecule has 7 heteroatoms. The third-order valence-electron chi connectivity index (χ3n) is 5.89. The minimum absolute atomic E-state index is 0.0217. The fourth-order valence-corrected chi connectivity index (χ4v) is 4.55. The molecule has 29 heavy (non-hydrogen) atoms. The predicted molar refractivity (Wildman–Crippen MR) is 105 cm³/mol. The summed E-state index contributed by atoms with van der Waals surface area (Å²) >= 11 is 0. The molecule has 0 unspecified atom stereocenters. The Kier molecular flexibility index (Phi) is 4.04. The summed E-state index contributed by atoms with van der Waals surface area (Å²) in [5.41, 5.74) is 2.09. The molecule has 3 aromatic heterocycles. The number of carbonyl (C=O) groups excluding carboxylic acids is 2. The Morgan fingerprint density at radius 3 is 2.72 bits per heavy atom. The molecule has 0 saturated carbocycles. The van der Waals surface area contributed by atoms with Gasteiger partial charge in [0.15, 0.2) is 0 Å². The average Bonchev–Trinajstić information content (AvgIpc) is 3.43. The molecule has 2 aliphatic rings. The van der Waals surface area contributed by atoms with Crippen LogP contribution in [0.2, 0.25) is 0 Å². The van der Waals surface area contributed by atoms with E-state index in [0.717, 1.165) is 11.5 Å². The van der Waals surface area contributed by atoms with E-state index < -0.39 is 0 Å². The maximum atomic E-state index is 13.2. The highest BCUT2D eigenvalue weighted by molar-refractivity contribution is 5.96. The predicted octanol–water partition coefficient (Wildman–Crippen LogP) is 2.81. The summed E-state index contributed by atoms with van der Waals surface area (Å²) in [5.74, 6) is 1.28. The van der Waals surface area contributed by atoms with E-state index in [-0.39, 0.29) is 23.9 Å². The van der Waals surface area contributed by atoms with Gasteiger partial charge in [0.05, 0.1) is 29.9 Å². The molecule has 2 amide bonds. The summed E-state index contributed by atoms with van der Waals surface area (Å²) in [6, 6.07) is 11.2. The SMILES string of the molecule is Cc1cc(C(=O)N2C[C@@H]3[C@H](C2)N(Cc2ccccn2)C(=O)c2cccn23)c(C)o1. The highest BCUT2D eigenvalue weighted by Crippen LogP contribution is 2.35. The second-order valence-electron chi connectivity index (χ2n) is 7.73. The van der Waals surface area contributed by atoms with E-state index >= 15 is 0 Å². The molecular weight excluding hydrogens is 368 g/mol. The van der Waals surface area contributed by atoms with Crippen LogP contribution in [0.25, 0.3) is 0 Å². The quantitative estimate of drug-likeness (QED) is 0.689. The van der Waals surface area contributed by atoms with Crippen molar-refractivity contribution >= 4 is 11.8 Å². The van der Waals surface area contributed by atoms with Crippen LogP contribution in [0.1, 0.15) is 44.1 Å². The Morgan fingerprint density at radius 2 is 2.00 bits per heavy atom. The number of likely N-dealkylation sites (tertiary alicyclic amines) is 1. The molecule has 0 aliphatic carbocycles. The minimum atomic E-state index is -0.0957. The number of rotatable bonds is 3. The normalized spacial score (nSPS) is 20.7. The van der Waals surface area contributed by atoms with Gasteiger partial charge in [0.1, 0.15) is 17.2 Å². The van der Waals surface area contributed by atoms with E-state index in [1.165, 1.54) is 0 Å². The molecule has 2 aliphatic heterocycles. The summed E-state index contributed by atoms with van der Waals surface area (Å²) in [4.78, 5) is 34.4. The van der Waals surface area contributed by atoms with Crippen LogP contribution in [-0.2, 0) is 6.54 Å². The average molecular weight is 390 g/mol. The first kappa shape index (κ1) is 17.7. The Hall–Kier alpha value is -3.35. The van der Waals surface area contributed by atoms with E-state index in [1.807, 2.05) is 64.7 Å². The topological polar surface area (TPSA) is 71.6 Å². The van der Waals surface area contributed by atoms with E-state index in [2.05, 4.69) is 4.98 Å². The van der Waals surface area contributed by atoms with Gasteiger partial charge in [-0.1, -0.05) is 6.07 Å². The van der Waals surface area contributed by atoms with Crippen molar-refractivity contribution in [2.45, 2.75) is 32.5 Å². The van der Waals surface area contributed by atoms with Crippen LogP contribution in [0.5, 0.6) is 0 Å². The Balaban J connectivity index is 1.48. The summed E-state index contributed by atoms with van der Waals surface area (Å²) < 4.78 is 7.57. The fourth-order valence-electron chi connectivity index (χ4n) is 4.55. The van der Waals surface area contributed by atoms with Gasteiger partial charge in [-0.2, -0.15) is 0 Å². The zero-order valence-electron chi connectivity index (χ0n) is 16.4. The lowest BCUT2D eigenvalue weighted by atomic mass is 10.1. The lowest BCUT2D eigenvalue weighted by Gasteiger charge is -2.37. The van der Waals surface area contributed by atoms with Gasteiger partial charge in [-0.05, 0) is 44.2 Å². The van der Waals surface area contributed by atoms with Crippen LogP contribution in [0, 0.1) is 13.8 Å². The zero-order valence-corrected chi connectivity index (χ0v) is 16.4.